The third kappa shape index (κ3) is 3.49. The summed E-state index contributed by atoms with van der Waals surface area (Å²) in [5, 5.41) is 10.4. The summed E-state index contributed by atoms with van der Waals surface area (Å²) in [6.45, 7) is 1.46. The van der Waals surface area contributed by atoms with Gasteiger partial charge >= 0.3 is 0 Å². The first-order valence-corrected chi connectivity index (χ1v) is 8.35. The average molecular weight is 305 g/mol. The van der Waals surface area contributed by atoms with Crippen molar-refractivity contribution >= 4 is 5.91 Å². The molecule has 120 valence electrons. The summed E-state index contributed by atoms with van der Waals surface area (Å²) < 4.78 is 12.9. The molecule has 0 radical (unpaired) electrons. The van der Waals surface area contributed by atoms with E-state index in [0.29, 0.717) is 12.3 Å². The number of rotatable bonds is 4. The zero-order valence-electron chi connectivity index (χ0n) is 12.9. The van der Waals surface area contributed by atoms with Gasteiger partial charge in [-0.15, -0.1) is 0 Å². The van der Waals surface area contributed by atoms with Crippen LogP contribution in [0.2, 0.25) is 0 Å². The highest BCUT2D eigenvalue weighted by Crippen LogP contribution is 2.33. The van der Waals surface area contributed by atoms with E-state index in [1.807, 2.05) is 4.90 Å². The van der Waals surface area contributed by atoms with Crippen molar-refractivity contribution in [1.82, 2.24) is 4.90 Å². The molecular weight excluding hydrogens is 281 g/mol. The number of hydrogen-bond acceptors (Lipinski definition) is 2. The number of carbonyl (C=O) groups is 1. The molecule has 22 heavy (non-hydrogen) atoms. The van der Waals surface area contributed by atoms with Crippen molar-refractivity contribution in [2.24, 2.45) is 11.8 Å². The van der Waals surface area contributed by atoms with E-state index in [-0.39, 0.29) is 17.6 Å². The minimum absolute atomic E-state index is 0.151. The highest BCUT2D eigenvalue weighted by molar-refractivity contribution is 5.76. The Bertz CT molecular complexity index is 504. The maximum Gasteiger partial charge on any atom is 0.222 e. The van der Waals surface area contributed by atoms with Gasteiger partial charge in [0.25, 0.3) is 0 Å². The Kier molecular flexibility index (Phi) is 4.77. The second-order valence-electron chi connectivity index (χ2n) is 6.72. The number of amides is 1. The summed E-state index contributed by atoms with van der Waals surface area (Å²) in [5.74, 6) is 0.750. The molecule has 0 bridgehead atoms. The Hall–Kier alpha value is -1.42. The summed E-state index contributed by atoms with van der Waals surface area (Å²) in [6, 6.07) is 6.06. The maximum atomic E-state index is 12.9. The van der Waals surface area contributed by atoms with Crippen LogP contribution in [0.15, 0.2) is 24.3 Å². The fraction of sp³-hybridized carbons (Fsp3) is 0.611. The number of halogens is 1. The van der Waals surface area contributed by atoms with Crippen LogP contribution in [0.5, 0.6) is 0 Å². The lowest BCUT2D eigenvalue weighted by molar-refractivity contribution is -0.134. The number of piperidine rings is 1. The highest BCUT2D eigenvalue weighted by Gasteiger charge is 2.30. The number of benzene rings is 1. The third-order valence-electron chi connectivity index (χ3n) is 5.24. The monoisotopic (exact) mass is 305 g/mol. The predicted octanol–water partition coefficient (Wildman–Crippen LogP) is 3.29. The van der Waals surface area contributed by atoms with Crippen molar-refractivity contribution in [1.29, 1.82) is 0 Å². The van der Waals surface area contributed by atoms with Crippen LogP contribution in [0.1, 0.15) is 50.2 Å². The van der Waals surface area contributed by atoms with Crippen LogP contribution < -0.4 is 0 Å². The summed E-state index contributed by atoms with van der Waals surface area (Å²) in [7, 11) is 0. The first kappa shape index (κ1) is 15.5. The van der Waals surface area contributed by atoms with E-state index in [9.17, 15) is 14.3 Å². The molecule has 1 saturated heterocycles. The van der Waals surface area contributed by atoms with Crippen LogP contribution in [-0.4, -0.2) is 29.0 Å². The average Bonchev–Trinajstić information content (AvgIpc) is 2.51. The first-order valence-electron chi connectivity index (χ1n) is 8.35. The van der Waals surface area contributed by atoms with Crippen molar-refractivity contribution in [2.75, 3.05) is 13.1 Å². The molecule has 1 atom stereocenters. The van der Waals surface area contributed by atoms with Gasteiger partial charge in [0.15, 0.2) is 0 Å². The third-order valence-corrected chi connectivity index (χ3v) is 5.24. The van der Waals surface area contributed by atoms with Gasteiger partial charge in [0.05, 0.1) is 6.10 Å². The zero-order chi connectivity index (χ0) is 15.5. The number of carbonyl (C=O) groups excluding carboxylic acids is 1. The van der Waals surface area contributed by atoms with Gasteiger partial charge in [0.1, 0.15) is 5.82 Å². The van der Waals surface area contributed by atoms with Crippen molar-refractivity contribution in [3.05, 3.63) is 35.6 Å². The molecule has 1 aliphatic carbocycles. The number of hydrogen-bond donors (Lipinski definition) is 1. The summed E-state index contributed by atoms with van der Waals surface area (Å²) >= 11 is 0. The number of nitrogens with zero attached hydrogens (tertiary/aromatic N) is 1. The summed E-state index contributed by atoms with van der Waals surface area (Å²) in [6.07, 6.45) is 5.43. The second kappa shape index (κ2) is 6.78. The van der Waals surface area contributed by atoms with Gasteiger partial charge in [-0.25, -0.2) is 4.39 Å². The molecule has 1 heterocycles. The van der Waals surface area contributed by atoms with E-state index in [2.05, 4.69) is 0 Å². The summed E-state index contributed by atoms with van der Waals surface area (Å²) in [5.41, 5.74) is 0.764. The molecule has 1 saturated carbocycles. The largest absolute Gasteiger partial charge is 0.388 e. The highest BCUT2D eigenvalue weighted by atomic mass is 19.1. The molecule has 1 unspecified atom stereocenters. The molecular formula is C18H24FNO2. The molecule has 3 rings (SSSR count). The van der Waals surface area contributed by atoms with Gasteiger partial charge < -0.3 is 10.0 Å². The van der Waals surface area contributed by atoms with Crippen molar-refractivity contribution in [3.63, 3.8) is 0 Å². The van der Waals surface area contributed by atoms with E-state index in [1.54, 1.807) is 12.1 Å². The molecule has 1 aromatic rings. The van der Waals surface area contributed by atoms with Crippen LogP contribution in [0.25, 0.3) is 0 Å². The Morgan fingerprint density at radius 3 is 2.36 bits per heavy atom. The molecule has 0 aromatic heterocycles. The molecule has 0 spiro atoms. The molecule has 2 fully saturated rings. The van der Waals surface area contributed by atoms with Crippen LogP contribution in [0.3, 0.4) is 0 Å². The van der Waals surface area contributed by atoms with Gasteiger partial charge in [-0.2, -0.15) is 0 Å². The number of aliphatic hydroxyl groups excluding tert-OH is 1. The van der Waals surface area contributed by atoms with E-state index in [1.165, 1.54) is 31.4 Å². The van der Waals surface area contributed by atoms with Gasteiger partial charge in [-0.1, -0.05) is 18.6 Å². The van der Waals surface area contributed by atoms with E-state index >= 15 is 0 Å². The molecule has 1 aromatic carbocycles. The van der Waals surface area contributed by atoms with E-state index < -0.39 is 6.10 Å². The SMILES string of the molecule is O=C(CC1CCC1)N1CCC(C(O)c2ccc(F)cc2)CC1. The van der Waals surface area contributed by atoms with Crippen LogP contribution in [0.4, 0.5) is 4.39 Å². The number of likely N-dealkylation sites (tertiary alicyclic amines) is 1. The quantitative estimate of drug-likeness (QED) is 0.927. The van der Waals surface area contributed by atoms with E-state index in [4.69, 9.17) is 0 Å². The van der Waals surface area contributed by atoms with Gasteiger partial charge in [-0.3, -0.25) is 4.79 Å². The lowest BCUT2D eigenvalue weighted by atomic mass is 9.82. The van der Waals surface area contributed by atoms with Crippen molar-refractivity contribution in [2.45, 2.75) is 44.6 Å². The number of aliphatic hydroxyl groups is 1. The lowest BCUT2D eigenvalue weighted by Crippen LogP contribution is -2.40. The Balaban J connectivity index is 1.50. The van der Waals surface area contributed by atoms with Crippen LogP contribution in [0, 0.1) is 17.7 Å². The van der Waals surface area contributed by atoms with Gasteiger partial charge in [-0.05, 0) is 55.2 Å². The standard InChI is InChI=1S/C18H24FNO2/c19-16-6-4-14(5-7-16)18(22)15-8-10-20(11-9-15)17(21)12-13-2-1-3-13/h4-7,13,15,18,22H,1-3,8-12H2. The molecule has 2 aliphatic rings. The maximum absolute atomic E-state index is 12.9. The lowest BCUT2D eigenvalue weighted by Gasteiger charge is -2.36. The molecule has 1 N–H and O–H groups in total. The normalized spacial score (nSPS) is 21.5. The zero-order valence-corrected chi connectivity index (χ0v) is 12.9. The fourth-order valence-electron chi connectivity index (χ4n) is 3.47. The smallest absolute Gasteiger partial charge is 0.222 e. The van der Waals surface area contributed by atoms with Crippen LogP contribution >= 0.6 is 0 Å². The minimum Gasteiger partial charge on any atom is -0.388 e. The van der Waals surface area contributed by atoms with Crippen molar-refractivity contribution < 1.29 is 14.3 Å². The molecule has 1 amide bonds. The summed E-state index contributed by atoms with van der Waals surface area (Å²) in [4.78, 5) is 14.2. The molecule has 3 nitrogen and oxygen atoms in total. The Morgan fingerprint density at radius 2 is 1.82 bits per heavy atom. The molecule has 4 heteroatoms. The topological polar surface area (TPSA) is 40.5 Å². The fourth-order valence-corrected chi connectivity index (χ4v) is 3.47. The van der Waals surface area contributed by atoms with Gasteiger partial charge in [0.2, 0.25) is 5.91 Å². The Labute approximate surface area is 131 Å². The Morgan fingerprint density at radius 1 is 1.18 bits per heavy atom. The second-order valence-corrected chi connectivity index (χ2v) is 6.72. The first-order chi connectivity index (χ1) is 10.6. The minimum atomic E-state index is -0.565. The van der Waals surface area contributed by atoms with E-state index in [0.717, 1.165) is 31.5 Å². The predicted molar refractivity (Wildman–Crippen MR) is 82.6 cm³/mol. The van der Waals surface area contributed by atoms with Crippen LogP contribution in [-0.2, 0) is 4.79 Å². The van der Waals surface area contributed by atoms with Gasteiger partial charge in [0, 0.05) is 19.5 Å². The van der Waals surface area contributed by atoms with Crippen molar-refractivity contribution in [3.8, 4) is 0 Å². The molecule has 1 aliphatic heterocycles.